The maximum absolute atomic E-state index is 13.4. The Kier molecular flexibility index (Phi) is 17.3. The van der Waals surface area contributed by atoms with Gasteiger partial charge >= 0.3 is 0 Å². The maximum Gasteiger partial charge on any atom is 0.130 e. The van der Waals surface area contributed by atoms with Crippen LogP contribution in [0.5, 0.6) is 11.5 Å². The summed E-state index contributed by atoms with van der Waals surface area (Å²) in [5.74, 6) is 1.93. The molecule has 298 valence electrons. The van der Waals surface area contributed by atoms with Crippen LogP contribution in [-0.2, 0) is 27.3 Å². The number of aliphatic hydroxyl groups is 1. The molecule has 0 aliphatic rings. The molecule has 0 saturated heterocycles. The van der Waals surface area contributed by atoms with Crippen LogP contribution >= 0.6 is 0 Å². The second-order valence-electron chi connectivity index (χ2n) is 19.8. The van der Waals surface area contributed by atoms with Crippen LogP contribution in [0.1, 0.15) is 221 Å². The number of unbranched alkanes of at least 4 members (excludes halogenated alkanes) is 10. The molecule has 52 heavy (non-hydrogen) atoms. The predicted octanol–water partition coefficient (Wildman–Crippen LogP) is 13.3. The van der Waals surface area contributed by atoms with Crippen molar-refractivity contribution in [3.63, 3.8) is 0 Å². The van der Waals surface area contributed by atoms with Gasteiger partial charge in [-0.1, -0.05) is 168 Å². The van der Waals surface area contributed by atoms with Gasteiger partial charge in [0, 0.05) is 28.3 Å². The van der Waals surface area contributed by atoms with Gasteiger partial charge in [0.05, 0.1) is 13.2 Å². The second-order valence-corrected chi connectivity index (χ2v) is 19.8. The normalized spacial score (nSPS) is 13.8. The van der Waals surface area contributed by atoms with Gasteiger partial charge in [-0.05, 0) is 76.3 Å². The van der Waals surface area contributed by atoms with E-state index in [1.54, 1.807) is 0 Å². The summed E-state index contributed by atoms with van der Waals surface area (Å²) in [5, 5.41) is 13.4. The van der Waals surface area contributed by atoms with Crippen molar-refractivity contribution < 1.29 is 14.6 Å². The molecule has 0 bridgehead atoms. The molecule has 0 heterocycles. The van der Waals surface area contributed by atoms with Crippen LogP contribution in [0.3, 0.4) is 0 Å². The Morgan fingerprint density at radius 2 is 0.750 bits per heavy atom. The van der Waals surface area contributed by atoms with Crippen LogP contribution < -0.4 is 15.2 Å². The topological polar surface area (TPSA) is 64.7 Å². The van der Waals surface area contributed by atoms with Crippen LogP contribution in [0.4, 0.5) is 0 Å². The smallest absolute Gasteiger partial charge is 0.130 e. The SMILES string of the molecule is CCCCCCCCOc1c(C(C)(C)C)cc(C(O)(c2cc(C(C)(C)C)c(OCCCCCCCC)c(C(C)(C)C)c2)C(N)CC)cc1C(C)(C)C. The summed E-state index contributed by atoms with van der Waals surface area (Å²) in [4.78, 5) is 0. The summed E-state index contributed by atoms with van der Waals surface area (Å²) in [7, 11) is 0. The lowest BCUT2D eigenvalue weighted by Crippen LogP contribution is -2.47. The molecule has 0 radical (unpaired) electrons. The van der Waals surface area contributed by atoms with Crippen molar-refractivity contribution in [3.8, 4) is 11.5 Å². The molecule has 2 rings (SSSR count). The van der Waals surface area contributed by atoms with Crippen LogP contribution in [0.15, 0.2) is 24.3 Å². The van der Waals surface area contributed by atoms with Gasteiger partial charge in [0.15, 0.2) is 0 Å². The largest absolute Gasteiger partial charge is 0.493 e. The summed E-state index contributed by atoms with van der Waals surface area (Å²) in [6.45, 7) is 35.0. The molecule has 0 saturated carbocycles. The van der Waals surface area contributed by atoms with Crippen molar-refractivity contribution in [1.82, 2.24) is 0 Å². The van der Waals surface area contributed by atoms with Crippen LogP contribution in [0.2, 0.25) is 0 Å². The third kappa shape index (κ3) is 12.5. The fourth-order valence-corrected chi connectivity index (χ4v) is 7.24. The van der Waals surface area contributed by atoms with Crippen molar-refractivity contribution in [3.05, 3.63) is 57.6 Å². The first-order valence-corrected chi connectivity index (χ1v) is 21.2. The zero-order valence-corrected chi connectivity index (χ0v) is 36.8. The highest BCUT2D eigenvalue weighted by Gasteiger charge is 2.42. The summed E-state index contributed by atoms with van der Waals surface area (Å²) in [6, 6.07) is 8.30. The molecular formula is C48H83NO3. The van der Waals surface area contributed by atoms with Crippen molar-refractivity contribution in [1.29, 1.82) is 0 Å². The van der Waals surface area contributed by atoms with Crippen LogP contribution in [0, 0.1) is 0 Å². The molecular weight excluding hydrogens is 639 g/mol. The van der Waals surface area contributed by atoms with E-state index in [1.807, 2.05) is 0 Å². The standard InChI is InChI=1S/C48H83NO3/c1-16-19-21-23-25-27-29-51-42-37(44(4,5)6)31-35(32-38(42)45(7,8)9)48(50,41(49)18-3)36-33-39(46(10,11)12)43(40(34-36)47(13,14)15)52-30-28-26-24-22-20-17-2/h31-34,41,50H,16-30,49H2,1-15H3. The second kappa shape index (κ2) is 19.5. The number of rotatable bonds is 20. The van der Waals surface area contributed by atoms with Crippen molar-refractivity contribution >= 4 is 0 Å². The van der Waals surface area contributed by atoms with Gasteiger partial charge < -0.3 is 20.3 Å². The molecule has 1 atom stereocenters. The highest BCUT2D eigenvalue weighted by atomic mass is 16.5. The summed E-state index contributed by atoms with van der Waals surface area (Å²) < 4.78 is 13.6. The average molecular weight is 722 g/mol. The van der Waals surface area contributed by atoms with Crippen LogP contribution in [-0.4, -0.2) is 24.4 Å². The Bertz CT molecular complexity index is 1190. The van der Waals surface area contributed by atoms with E-state index in [4.69, 9.17) is 15.2 Å². The summed E-state index contributed by atoms with van der Waals surface area (Å²) in [5.41, 5.74) is 11.0. The zero-order chi connectivity index (χ0) is 39.5. The van der Waals surface area contributed by atoms with Gasteiger partial charge in [-0.3, -0.25) is 0 Å². The summed E-state index contributed by atoms with van der Waals surface area (Å²) >= 11 is 0. The van der Waals surface area contributed by atoms with Gasteiger partial charge in [0.1, 0.15) is 17.1 Å². The predicted molar refractivity (Wildman–Crippen MR) is 227 cm³/mol. The summed E-state index contributed by atoms with van der Waals surface area (Å²) in [6.07, 6.45) is 15.3. The van der Waals surface area contributed by atoms with E-state index in [0.29, 0.717) is 19.6 Å². The third-order valence-electron chi connectivity index (χ3n) is 10.8. The first kappa shape index (κ1) is 46.1. The monoisotopic (exact) mass is 722 g/mol. The van der Waals surface area contributed by atoms with E-state index in [9.17, 15) is 5.11 Å². The van der Waals surface area contributed by atoms with Crippen LogP contribution in [0.25, 0.3) is 0 Å². The maximum atomic E-state index is 13.4. The molecule has 0 fully saturated rings. The van der Waals surface area contributed by atoms with E-state index in [1.165, 1.54) is 64.2 Å². The van der Waals surface area contributed by atoms with E-state index in [0.717, 1.165) is 57.7 Å². The number of hydrogen-bond acceptors (Lipinski definition) is 4. The number of nitrogens with two attached hydrogens (primary N) is 1. The van der Waals surface area contributed by atoms with Gasteiger partial charge in [-0.2, -0.15) is 0 Å². The first-order chi connectivity index (χ1) is 24.0. The third-order valence-corrected chi connectivity index (χ3v) is 10.8. The molecule has 0 aliphatic heterocycles. The zero-order valence-electron chi connectivity index (χ0n) is 36.8. The van der Waals surface area contributed by atoms with Gasteiger partial charge in [-0.25, -0.2) is 0 Å². The lowest BCUT2D eigenvalue weighted by atomic mass is 9.70. The van der Waals surface area contributed by atoms with Crippen molar-refractivity contribution in [2.75, 3.05) is 13.2 Å². The molecule has 4 nitrogen and oxygen atoms in total. The molecule has 1 unspecified atom stereocenters. The Morgan fingerprint density at radius 1 is 0.481 bits per heavy atom. The Hall–Kier alpha value is -2.04. The van der Waals surface area contributed by atoms with Gasteiger partial charge in [0.25, 0.3) is 0 Å². The number of benzene rings is 2. The molecule has 2 aromatic carbocycles. The molecule has 0 aliphatic carbocycles. The minimum Gasteiger partial charge on any atom is -0.493 e. The fourth-order valence-electron chi connectivity index (χ4n) is 7.24. The Labute approximate surface area is 322 Å². The number of hydrogen-bond donors (Lipinski definition) is 2. The minimum absolute atomic E-state index is 0.217. The molecule has 2 aromatic rings. The van der Waals surface area contributed by atoms with Crippen molar-refractivity contribution in [2.24, 2.45) is 5.73 Å². The quantitative estimate of drug-likeness (QED) is 0.134. The highest BCUT2D eigenvalue weighted by molar-refractivity contribution is 5.58. The lowest BCUT2D eigenvalue weighted by molar-refractivity contribution is 0.0495. The molecule has 4 heteroatoms. The van der Waals surface area contributed by atoms with E-state index in [2.05, 4.69) is 128 Å². The molecule has 0 spiro atoms. The molecule has 0 amide bonds. The minimum atomic E-state index is -1.44. The Balaban J connectivity index is 2.85. The highest BCUT2D eigenvalue weighted by Crippen LogP contribution is 2.48. The molecule has 0 aromatic heterocycles. The first-order valence-electron chi connectivity index (χ1n) is 21.2. The van der Waals surface area contributed by atoms with E-state index >= 15 is 0 Å². The number of ether oxygens (including phenoxy) is 2. The van der Waals surface area contributed by atoms with E-state index < -0.39 is 11.6 Å². The van der Waals surface area contributed by atoms with Crippen molar-refractivity contribution in [2.45, 2.75) is 221 Å². The Morgan fingerprint density at radius 3 is 1.00 bits per heavy atom. The van der Waals surface area contributed by atoms with E-state index in [-0.39, 0.29) is 21.7 Å². The average Bonchev–Trinajstić information content (AvgIpc) is 3.04. The molecule has 3 N–H and O–H groups in total. The van der Waals surface area contributed by atoms with Gasteiger partial charge in [0.2, 0.25) is 0 Å². The lowest BCUT2D eigenvalue weighted by Gasteiger charge is -2.40. The fraction of sp³-hybridized carbons (Fsp3) is 0.750. The van der Waals surface area contributed by atoms with Gasteiger partial charge in [-0.15, -0.1) is 0 Å².